The van der Waals surface area contributed by atoms with E-state index in [-0.39, 0.29) is 0 Å². The van der Waals surface area contributed by atoms with E-state index in [2.05, 4.69) is 0 Å². The van der Waals surface area contributed by atoms with Gasteiger partial charge in [0.25, 0.3) is 0 Å². The van der Waals surface area contributed by atoms with Crippen molar-refractivity contribution in [2.24, 2.45) is 0 Å². The van der Waals surface area contributed by atoms with Crippen LogP contribution in [-0.4, -0.2) is 21.9 Å². The van der Waals surface area contributed by atoms with Crippen molar-refractivity contribution in [3.63, 3.8) is 0 Å². The molecular formula is C14H13NO3. The van der Waals surface area contributed by atoms with Gasteiger partial charge in [0.15, 0.2) is 6.29 Å². The highest BCUT2D eigenvalue weighted by molar-refractivity contribution is 5.77. The number of rotatable bonds is 5. The molecule has 4 heteroatoms. The van der Waals surface area contributed by atoms with Crippen LogP contribution in [0.1, 0.15) is 22.1 Å². The molecule has 0 amide bonds. The van der Waals surface area contributed by atoms with Crippen molar-refractivity contribution in [2.75, 3.05) is 0 Å². The van der Waals surface area contributed by atoms with Crippen LogP contribution in [0.2, 0.25) is 0 Å². The molecule has 1 N–H and O–H groups in total. The van der Waals surface area contributed by atoms with Gasteiger partial charge in [-0.25, -0.2) is 4.79 Å². The van der Waals surface area contributed by atoms with E-state index < -0.39 is 12.0 Å². The Labute approximate surface area is 104 Å². The van der Waals surface area contributed by atoms with Crippen molar-refractivity contribution in [3.05, 3.63) is 59.9 Å². The number of nitrogens with zero attached hydrogens (tertiary/aromatic N) is 1. The molecule has 0 saturated carbocycles. The largest absolute Gasteiger partial charge is 0.480 e. The molecule has 1 aromatic heterocycles. The molecular weight excluding hydrogens is 230 g/mol. The lowest BCUT2D eigenvalue weighted by Crippen LogP contribution is -2.22. The summed E-state index contributed by atoms with van der Waals surface area (Å²) in [6.07, 6.45) is 2.64. The summed E-state index contributed by atoms with van der Waals surface area (Å²) in [7, 11) is 0. The van der Waals surface area contributed by atoms with Gasteiger partial charge in [0.1, 0.15) is 6.04 Å². The fraction of sp³-hybridized carbons (Fsp3) is 0.143. The molecule has 0 unspecified atom stereocenters. The van der Waals surface area contributed by atoms with E-state index in [1.807, 2.05) is 30.3 Å². The van der Waals surface area contributed by atoms with Crippen molar-refractivity contribution >= 4 is 12.3 Å². The quantitative estimate of drug-likeness (QED) is 0.819. The van der Waals surface area contributed by atoms with Gasteiger partial charge in [-0.1, -0.05) is 30.3 Å². The van der Waals surface area contributed by atoms with Gasteiger partial charge in [-0.15, -0.1) is 0 Å². The minimum Gasteiger partial charge on any atom is -0.480 e. The van der Waals surface area contributed by atoms with Crippen LogP contribution < -0.4 is 0 Å². The van der Waals surface area contributed by atoms with E-state index in [9.17, 15) is 14.7 Å². The molecule has 1 heterocycles. The zero-order chi connectivity index (χ0) is 13.0. The minimum absolute atomic E-state index is 0.353. The first-order chi connectivity index (χ1) is 8.72. The predicted molar refractivity (Wildman–Crippen MR) is 66.6 cm³/mol. The highest BCUT2D eigenvalue weighted by atomic mass is 16.4. The monoisotopic (exact) mass is 243 g/mol. The van der Waals surface area contributed by atoms with Gasteiger partial charge in [0.05, 0.1) is 5.69 Å². The number of carboxylic acids is 1. The van der Waals surface area contributed by atoms with Crippen molar-refractivity contribution in [1.29, 1.82) is 0 Å². The molecule has 0 bridgehead atoms. The van der Waals surface area contributed by atoms with Crippen molar-refractivity contribution in [3.8, 4) is 0 Å². The molecule has 0 radical (unpaired) electrons. The van der Waals surface area contributed by atoms with E-state index in [0.29, 0.717) is 18.4 Å². The first-order valence-corrected chi connectivity index (χ1v) is 5.61. The molecule has 0 fully saturated rings. The number of hydrogen-bond donors (Lipinski definition) is 1. The molecule has 2 aromatic rings. The SMILES string of the molecule is O=Cc1cccn1[C@H](Cc1ccccc1)C(=O)O. The van der Waals surface area contributed by atoms with E-state index in [4.69, 9.17) is 0 Å². The number of carboxylic acid groups (broad SMARTS) is 1. The average Bonchev–Trinajstić information content (AvgIpc) is 2.84. The Morgan fingerprint density at radius 2 is 1.94 bits per heavy atom. The first kappa shape index (κ1) is 12.1. The van der Waals surface area contributed by atoms with Crippen LogP contribution >= 0.6 is 0 Å². The third kappa shape index (κ3) is 2.48. The number of carbonyl (C=O) groups is 2. The molecule has 18 heavy (non-hydrogen) atoms. The summed E-state index contributed by atoms with van der Waals surface area (Å²) in [4.78, 5) is 22.2. The zero-order valence-electron chi connectivity index (χ0n) is 9.69. The molecule has 1 aromatic carbocycles. The summed E-state index contributed by atoms with van der Waals surface area (Å²) in [5, 5.41) is 9.29. The molecule has 92 valence electrons. The Morgan fingerprint density at radius 3 is 2.56 bits per heavy atom. The Hall–Kier alpha value is -2.36. The maximum Gasteiger partial charge on any atom is 0.327 e. The summed E-state index contributed by atoms with van der Waals surface area (Å²) >= 11 is 0. The van der Waals surface area contributed by atoms with E-state index in [1.165, 1.54) is 4.57 Å². The van der Waals surface area contributed by atoms with Crippen LogP contribution in [0.25, 0.3) is 0 Å². The van der Waals surface area contributed by atoms with Crippen LogP contribution in [0.3, 0.4) is 0 Å². The van der Waals surface area contributed by atoms with Crippen LogP contribution in [0.4, 0.5) is 0 Å². The number of aliphatic carboxylic acids is 1. The first-order valence-electron chi connectivity index (χ1n) is 5.61. The van der Waals surface area contributed by atoms with Crippen molar-refractivity contribution < 1.29 is 14.7 Å². The van der Waals surface area contributed by atoms with Crippen molar-refractivity contribution in [1.82, 2.24) is 4.57 Å². The Morgan fingerprint density at radius 1 is 1.22 bits per heavy atom. The summed E-state index contributed by atoms with van der Waals surface area (Å²) < 4.78 is 1.49. The van der Waals surface area contributed by atoms with Gasteiger partial charge in [0.2, 0.25) is 0 Å². The molecule has 1 atom stereocenters. The second-order valence-electron chi connectivity index (χ2n) is 4.00. The second kappa shape index (κ2) is 5.31. The lowest BCUT2D eigenvalue weighted by atomic mass is 10.1. The van der Waals surface area contributed by atoms with Crippen LogP contribution in [0.5, 0.6) is 0 Å². The average molecular weight is 243 g/mol. The normalized spacial score (nSPS) is 12.0. The predicted octanol–water partition coefficient (Wildman–Crippen LogP) is 2.17. The molecule has 2 rings (SSSR count). The van der Waals surface area contributed by atoms with Crippen molar-refractivity contribution in [2.45, 2.75) is 12.5 Å². The lowest BCUT2D eigenvalue weighted by molar-refractivity contribution is -0.140. The van der Waals surface area contributed by atoms with Gasteiger partial charge in [-0.3, -0.25) is 4.79 Å². The maximum atomic E-state index is 11.3. The second-order valence-corrected chi connectivity index (χ2v) is 4.00. The number of aromatic nitrogens is 1. The summed E-state index contributed by atoms with van der Waals surface area (Å²) in [6.45, 7) is 0. The number of carbonyl (C=O) groups excluding carboxylic acids is 1. The number of aldehydes is 1. The van der Waals surface area contributed by atoms with Gasteiger partial charge < -0.3 is 9.67 Å². The van der Waals surface area contributed by atoms with E-state index >= 15 is 0 Å². The van der Waals surface area contributed by atoms with Crippen LogP contribution in [0, 0.1) is 0 Å². The maximum absolute atomic E-state index is 11.3. The van der Waals surface area contributed by atoms with Crippen LogP contribution in [0.15, 0.2) is 48.7 Å². The fourth-order valence-electron chi connectivity index (χ4n) is 1.93. The third-order valence-electron chi connectivity index (χ3n) is 2.83. The molecule has 0 aliphatic carbocycles. The Kier molecular flexibility index (Phi) is 3.57. The van der Waals surface area contributed by atoms with Gasteiger partial charge >= 0.3 is 5.97 Å². The van der Waals surface area contributed by atoms with Gasteiger partial charge in [0, 0.05) is 12.6 Å². The number of hydrogen-bond acceptors (Lipinski definition) is 2. The molecule has 4 nitrogen and oxygen atoms in total. The topological polar surface area (TPSA) is 59.3 Å². The molecule has 0 spiro atoms. The Balaban J connectivity index is 2.30. The smallest absolute Gasteiger partial charge is 0.327 e. The zero-order valence-corrected chi connectivity index (χ0v) is 9.69. The van der Waals surface area contributed by atoms with E-state index in [0.717, 1.165) is 5.56 Å². The molecule has 0 aliphatic heterocycles. The van der Waals surface area contributed by atoms with Gasteiger partial charge in [-0.2, -0.15) is 0 Å². The molecule has 0 saturated heterocycles. The Bertz CT molecular complexity index is 545. The van der Waals surface area contributed by atoms with Gasteiger partial charge in [-0.05, 0) is 17.7 Å². The lowest BCUT2D eigenvalue weighted by Gasteiger charge is -2.16. The summed E-state index contributed by atoms with van der Waals surface area (Å²) in [5.41, 5.74) is 1.30. The highest BCUT2D eigenvalue weighted by Crippen LogP contribution is 2.17. The standard InChI is InChI=1S/C14H13NO3/c16-10-12-7-4-8-15(12)13(14(17)18)9-11-5-2-1-3-6-11/h1-8,10,13H,9H2,(H,17,18)/t13-/m1/s1. The summed E-state index contributed by atoms with van der Waals surface area (Å²) in [6, 6.07) is 11.9. The van der Waals surface area contributed by atoms with E-state index in [1.54, 1.807) is 18.3 Å². The van der Waals surface area contributed by atoms with Crippen LogP contribution in [-0.2, 0) is 11.2 Å². The summed E-state index contributed by atoms with van der Waals surface area (Å²) in [5.74, 6) is -0.946. The minimum atomic E-state index is -0.946. The highest BCUT2D eigenvalue weighted by Gasteiger charge is 2.21. The molecule has 0 aliphatic rings. The third-order valence-corrected chi connectivity index (χ3v) is 2.83. The fourth-order valence-corrected chi connectivity index (χ4v) is 1.93. The number of benzene rings is 1.